The van der Waals surface area contributed by atoms with Crippen LogP contribution in [0.2, 0.25) is 0 Å². The number of ether oxygens (including phenoxy) is 3. The van der Waals surface area contributed by atoms with Gasteiger partial charge in [-0.25, -0.2) is 0 Å². The van der Waals surface area contributed by atoms with E-state index in [0.29, 0.717) is 24.6 Å². The molecule has 0 radical (unpaired) electrons. The Morgan fingerprint density at radius 3 is 2.50 bits per heavy atom. The first kappa shape index (κ1) is 16.4. The molecule has 0 aromatic heterocycles. The van der Waals surface area contributed by atoms with E-state index in [-0.39, 0.29) is 18.1 Å². The van der Waals surface area contributed by atoms with Crippen molar-refractivity contribution >= 4 is 12.0 Å². The summed E-state index contributed by atoms with van der Waals surface area (Å²) in [5.41, 5.74) is 0.810. The number of amides is 1. The van der Waals surface area contributed by atoms with Gasteiger partial charge in [0.2, 0.25) is 5.91 Å². The molecule has 22 heavy (non-hydrogen) atoms. The van der Waals surface area contributed by atoms with E-state index in [1.165, 1.54) is 0 Å². The van der Waals surface area contributed by atoms with Crippen LogP contribution >= 0.6 is 0 Å². The first-order valence-electron chi connectivity index (χ1n) is 7.38. The summed E-state index contributed by atoms with van der Waals surface area (Å²) in [5, 5.41) is 0. The highest BCUT2D eigenvalue weighted by atomic mass is 16.5. The van der Waals surface area contributed by atoms with Crippen LogP contribution in [0.3, 0.4) is 0 Å². The molecule has 1 aliphatic heterocycles. The lowest BCUT2D eigenvalue weighted by Crippen LogP contribution is -2.47. The van der Waals surface area contributed by atoms with Gasteiger partial charge in [-0.15, -0.1) is 0 Å². The van der Waals surface area contributed by atoms with Gasteiger partial charge in [-0.1, -0.05) is 12.1 Å². The van der Waals surface area contributed by atoms with Crippen molar-refractivity contribution in [1.82, 2.24) is 4.90 Å². The van der Waals surface area contributed by atoms with Crippen LogP contribution < -0.4 is 9.47 Å². The molecule has 5 nitrogen and oxygen atoms in total. The molecular weight excluding hydrogens is 282 g/mol. The normalized spacial score (nSPS) is 21.9. The molecule has 1 heterocycles. The number of carbonyl (C=O) groups excluding carboxylic acids is 1. The van der Waals surface area contributed by atoms with Gasteiger partial charge in [0.05, 0.1) is 26.4 Å². The van der Waals surface area contributed by atoms with Gasteiger partial charge in [-0.3, -0.25) is 4.79 Å². The van der Waals surface area contributed by atoms with Crippen LogP contribution in [0.4, 0.5) is 0 Å². The third kappa shape index (κ3) is 3.80. The van der Waals surface area contributed by atoms with Gasteiger partial charge in [0.15, 0.2) is 11.5 Å². The summed E-state index contributed by atoms with van der Waals surface area (Å²) in [6, 6.07) is 5.57. The van der Waals surface area contributed by atoms with Crippen LogP contribution in [0, 0.1) is 0 Å². The molecule has 1 aromatic rings. The average Bonchev–Trinajstić information content (AvgIpc) is 2.50. The maximum atomic E-state index is 12.3. The Labute approximate surface area is 131 Å². The summed E-state index contributed by atoms with van der Waals surface area (Å²) < 4.78 is 16.3. The Morgan fingerprint density at radius 2 is 1.91 bits per heavy atom. The van der Waals surface area contributed by atoms with Crippen LogP contribution in [0.25, 0.3) is 6.08 Å². The minimum Gasteiger partial charge on any atom is -0.493 e. The molecule has 1 aliphatic rings. The van der Waals surface area contributed by atoms with Crippen LogP contribution in [0.15, 0.2) is 24.3 Å². The van der Waals surface area contributed by atoms with Gasteiger partial charge in [0, 0.05) is 24.7 Å². The van der Waals surface area contributed by atoms with Crippen LogP contribution in [-0.2, 0) is 9.53 Å². The average molecular weight is 305 g/mol. The van der Waals surface area contributed by atoms with Crippen molar-refractivity contribution in [3.8, 4) is 11.5 Å². The lowest BCUT2D eigenvalue weighted by molar-refractivity contribution is -0.137. The smallest absolute Gasteiger partial charge is 0.246 e. The van der Waals surface area contributed by atoms with E-state index in [1.54, 1.807) is 26.4 Å². The molecule has 120 valence electrons. The molecule has 1 fully saturated rings. The van der Waals surface area contributed by atoms with E-state index in [1.807, 2.05) is 36.9 Å². The van der Waals surface area contributed by atoms with Gasteiger partial charge in [0.1, 0.15) is 0 Å². The van der Waals surface area contributed by atoms with Crippen molar-refractivity contribution in [2.24, 2.45) is 0 Å². The number of benzene rings is 1. The first-order valence-corrected chi connectivity index (χ1v) is 7.38. The molecule has 2 rings (SSSR count). The molecule has 0 saturated carbocycles. The lowest BCUT2D eigenvalue weighted by Gasteiger charge is -2.34. The fourth-order valence-electron chi connectivity index (χ4n) is 2.67. The fraction of sp³-hybridized carbons (Fsp3) is 0.471. The van der Waals surface area contributed by atoms with Gasteiger partial charge in [-0.05, 0) is 26.0 Å². The molecule has 5 heteroatoms. The van der Waals surface area contributed by atoms with E-state index in [2.05, 4.69) is 0 Å². The Kier molecular flexibility index (Phi) is 5.44. The Bertz CT molecular complexity index is 546. The number of hydrogen-bond acceptors (Lipinski definition) is 4. The third-order valence-corrected chi connectivity index (χ3v) is 3.57. The number of carbonyl (C=O) groups is 1. The zero-order valence-corrected chi connectivity index (χ0v) is 13.5. The van der Waals surface area contributed by atoms with Gasteiger partial charge < -0.3 is 19.1 Å². The SMILES string of the molecule is COc1cccc(/C=C/C(=O)N2C[C@H](C)O[C@@H](C)C2)c1OC. The van der Waals surface area contributed by atoms with E-state index in [9.17, 15) is 4.79 Å². The van der Waals surface area contributed by atoms with Gasteiger partial charge in [-0.2, -0.15) is 0 Å². The lowest BCUT2D eigenvalue weighted by atomic mass is 10.1. The van der Waals surface area contributed by atoms with E-state index in [4.69, 9.17) is 14.2 Å². The second-order valence-corrected chi connectivity index (χ2v) is 5.42. The molecule has 1 amide bonds. The summed E-state index contributed by atoms with van der Waals surface area (Å²) in [4.78, 5) is 14.1. The zero-order valence-electron chi connectivity index (χ0n) is 13.5. The van der Waals surface area contributed by atoms with Crippen molar-refractivity contribution in [3.63, 3.8) is 0 Å². The Balaban J connectivity index is 2.13. The quantitative estimate of drug-likeness (QED) is 0.801. The number of methoxy groups -OCH3 is 2. The molecule has 2 atom stereocenters. The Hall–Kier alpha value is -2.01. The summed E-state index contributed by atoms with van der Waals surface area (Å²) in [7, 11) is 3.18. The number of morpholine rings is 1. The number of para-hydroxylation sites is 1. The first-order chi connectivity index (χ1) is 10.5. The fourth-order valence-corrected chi connectivity index (χ4v) is 2.67. The zero-order chi connectivity index (χ0) is 16.1. The largest absolute Gasteiger partial charge is 0.493 e. The summed E-state index contributed by atoms with van der Waals surface area (Å²) in [5.74, 6) is 1.25. The summed E-state index contributed by atoms with van der Waals surface area (Å²) in [6.07, 6.45) is 3.45. The van der Waals surface area contributed by atoms with Crippen molar-refractivity contribution < 1.29 is 19.0 Å². The van der Waals surface area contributed by atoms with E-state index < -0.39 is 0 Å². The second-order valence-electron chi connectivity index (χ2n) is 5.42. The highest BCUT2D eigenvalue weighted by Gasteiger charge is 2.24. The number of rotatable bonds is 4. The van der Waals surface area contributed by atoms with Gasteiger partial charge >= 0.3 is 0 Å². The molecule has 1 saturated heterocycles. The number of nitrogens with zero attached hydrogens (tertiary/aromatic N) is 1. The highest BCUT2D eigenvalue weighted by molar-refractivity contribution is 5.92. The molecule has 1 aromatic carbocycles. The highest BCUT2D eigenvalue weighted by Crippen LogP contribution is 2.31. The van der Waals surface area contributed by atoms with Crippen molar-refractivity contribution in [1.29, 1.82) is 0 Å². The standard InChI is InChI=1S/C17H23NO4/c1-12-10-18(11-13(2)22-12)16(19)9-8-14-6-5-7-15(20-3)17(14)21-4/h5-9,12-13H,10-11H2,1-4H3/b9-8+/t12-,13-/m0/s1. The monoisotopic (exact) mass is 305 g/mol. The van der Waals surface area contributed by atoms with Crippen molar-refractivity contribution in [2.75, 3.05) is 27.3 Å². The molecule has 0 unspecified atom stereocenters. The molecule has 0 N–H and O–H groups in total. The molecule has 0 bridgehead atoms. The molecule has 0 spiro atoms. The minimum atomic E-state index is -0.0214. The topological polar surface area (TPSA) is 48.0 Å². The Morgan fingerprint density at radius 1 is 1.23 bits per heavy atom. The predicted molar refractivity (Wildman–Crippen MR) is 85.2 cm³/mol. The molecular formula is C17H23NO4. The molecule has 0 aliphatic carbocycles. The van der Waals surface area contributed by atoms with E-state index in [0.717, 1.165) is 5.56 Å². The number of hydrogen-bond donors (Lipinski definition) is 0. The van der Waals surface area contributed by atoms with Crippen molar-refractivity contribution in [2.45, 2.75) is 26.1 Å². The van der Waals surface area contributed by atoms with Crippen LogP contribution in [-0.4, -0.2) is 50.3 Å². The second kappa shape index (κ2) is 7.31. The maximum Gasteiger partial charge on any atom is 0.246 e. The van der Waals surface area contributed by atoms with Crippen molar-refractivity contribution in [3.05, 3.63) is 29.8 Å². The minimum absolute atomic E-state index is 0.0214. The van der Waals surface area contributed by atoms with Gasteiger partial charge in [0.25, 0.3) is 0 Å². The summed E-state index contributed by atoms with van der Waals surface area (Å²) in [6.45, 7) is 5.18. The maximum absolute atomic E-state index is 12.3. The third-order valence-electron chi connectivity index (χ3n) is 3.57. The predicted octanol–water partition coefficient (Wildman–Crippen LogP) is 2.35. The van der Waals surface area contributed by atoms with Crippen LogP contribution in [0.5, 0.6) is 11.5 Å². The van der Waals surface area contributed by atoms with E-state index >= 15 is 0 Å². The van der Waals surface area contributed by atoms with Crippen LogP contribution in [0.1, 0.15) is 19.4 Å². The summed E-state index contributed by atoms with van der Waals surface area (Å²) >= 11 is 0.